The molecule has 6 nitrogen and oxygen atoms in total. The number of hydrogen-bond donors (Lipinski definition) is 2. The first-order valence-electron chi connectivity index (χ1n) is 6.69. The van der Waals surface area contributed by atoms with Crippen LogP contribution >= 0.6 is 0 Å². The van der Waals surface area contributed by atoms with Gasteiger partial charge in [0.05, 0.1) is 17.8 Å². The van der Waals surface area contributed by atoms with E-state index in [0.717, 1.165) is 5.69 Å². The molecule has 0 radical (unpaired) electrons. The first-order chi connectivity index (χ1) is 9.52. The van der Waals surface area contributed by atoms with Crippen molar-refractivity contribution in [3.05, 3.63) is 23.8 Å². The Morgan fingerprint density at radius 3 is 2.80 bits per heavy atom. The van der Waals surface area contributed by atoms with Gasteiger partial charge in [0.2, 0.25) is 5.91 Å². The predicted molar refractivity (Wildman–Crippen MR) is 78.7 cm³/mol. The number of rotatable bonds is 3. The summed E-state index contributed by atoms with van der Waals surface area (Å²) >= 11 is 0. The number of piperazine rings is 1. The van der Waals surface area contributed by atoms with E-state index < -0.39 is 0 Å². The summed E-state index contributed by atoms with van der Waals surface area (Å²) in [5.41, 5.74) is 7.67. The molecule has 0 saturated carbocycles. The molecule has 1 fully saturated rings. The Morgan fingerprint density at radius 1 is 1.40 bits per heavy atom. The minimum absolute atomic E-state index is 0.0422. The summed E-state index contributed by atoms with van der Waals surface area (Å²) < 4.78 is 0. The molecule has 0 aromatic heterocycles. The number of nitrogen functional groups attached to an aromatic ring is 1. The fourth-order valence-electron chi connectivity index (χ4n) is 2.22. The maximum Gasteiger partial charge on any atom is 0.253 e. The van der Waals surface area contributed by atoms with Crippen LogP contribution in [0, 0.1) is 0 Å². The van der Waals surface area contributed by atoms with Crippen molar-refractivity contribution in [2.24, 2.45) is 0 Å². The molecule has 108 valence electrons. The molecule has 0 unspecified atom stereocenters. The van der Waals surface area contributed by atoms with Crippen LogP contribution in [0.15, 0.2) is 18.2 Å². The number of nitrogens with zero attached hydrogens (tertiary/aromatic N) is 2. The molecule has 0 bridgehead atoms. The molecule has 1 aromatic carbocycles. The zero-order chi connectivity index (χ0) is 14.7. The van der Waals surface area contributed by atoms with Crippen LogP contribution in [0.1, 0.15) is 17.3 Å². The van der Waals surface area contributed by atoms with Gasteiger partial charge in [-0.1, -0.05) is 0 Å². The lowest BCUT2D eigenvalue weighted by Gasteiger charge is -2.34. The third kappa shape index (κ3) is 2.84. The first-order valence-corrected chi connectivity index (χ1v) is 6.69. The summed E-state index contributed by atoms with van der Waals surface area (Å²) in [5, 5.41) is 2.78. The Kier molecular flexibility index (Phi) is 4.12. The summed E-state index contributed by atoms with van der Waals surface area (Å²) in [7, 11) is 1.78. The van der Waals surface area contributed by atoms with Gasteiger partial charge in [0.1, 0.15) is 0 Å². The predicted octanol–water partition coefficient (Wildman–Crippen LogP) is 0.297. The monoisotopic (exact) mass is 276 g/mol. The molecule has 1 aliphatic rings. The number of carbonyl (C=O) groups is 2. The number of hydrogen-bond acceptors (Lipinski definition) is 4. The van der Waals surface area contributed by atoms with Gasteiger partial charge in [-0.05, 0) is 25.1 Å². The van der Waals surface area contributed by atoms with Crippen molar-refractivity contribution >= 4 is 23.2 Å². The number of nitrogens with two attached hydrogens (primary N) is 1. The van der Waals surface area contributed by atoms with Crippen molar-refractivity contribution in [3.8, 4) is 0 Å². The summed E-state index contributed by atoms with van der Waals surface area (Å²) in [4.78, 5) is 27.5. The summed E-state index contributed by atoms with van der Waals surface area (Å²) in [6.07, 6.45) is 0. The minimum atomic E-state index is -0.145. The largest absolute Gasteiger partial charge is 0.399 e. The molecule has 6 heteroatoms. The van der Waals surface area contributed by atoms with Gasteiger partial charge in [-0.15, -0.1) is 0 Å². The van der Waals surface area contributed by atoms with Crippen LogP contribution < -0.4 is 16.0 Å². The van der Waals surface area contributed by atoms with Crippen LogP contribution in [0.2, 0.25) is 0 Å². The lowest BCUT2D eigenvalue weighted by molar-refractivity contribution is -0.129. The van der Waals surface area contributed by atoms with Crippen molar-refractivity contribution in [2.45, 2.75) is 6.92 Å². The van der Waals surface area contributed by atoms with Gasteiger partial charge < -0.3 is 20.9 Å². The zero-order valence-corrected chi connectivity index (χ0v) is 11.8. The van der Waals surface area contributed by atoms with Crippen molar-refractivity contribution in [1.82, 2.24) is 10.2 Å². The van der Waals surface area contributed by atoms with Gasteiger partial charge in [-0.3, -0.25) is 9.59 Å². The van der Waals surface area contributed by atoms with Crippen molar-refractivity contribution in [1.29, 1.82) is 0 Å². The molecule has 2 rings (SSSR count). The number of likely N-dealkylation sites (N-methyl/N-ethyl adjacent to an activating group) is 1. The summed E-state index contributed by atoms with van der Waals surface area (Å²) in [5.74, 6) is -0.102. The second-order valence-electron chi connectivity index (χ2n) is 4.87. The Morgan fingerprint density at radius 2 is 2.15 bits per heavy atom. The highest BCUT2D eigenvalue weighted by molar-refractivity contribution is 6.01. The van der Waals surface area contributed by atoms with E-state index >= 15 is 0 Å². The third-order valence-electron chi connectivity index (χ3n) is 3.40. The van der Waals surface area contributed by atoms with E-state index in [1.54, 1.807) is 30.1 Å². The topological polar surface area (TPSA) is 78.7 Å². The molecule has 20 heavy (non-hydrogen) atoms. The molecule has 3 N–H and O–H groups in total. The van der Waals surface area contributed by atoms with Crippen molar-refractivity contribution in [2.75, 3.05) is 43.9 Å². The third-order valence-corrected chi connectivity index (χ3v) is 3.40. The molecule has 0 atom stereocenters. The minimum Gasteiger partial charge on any atom is -0.399 e. The molecule has 2 amide bonds. The fourth-order valence-corrected chi connectivity index (χ4v) is 2.22. The van der Waals surface area contributed by atoms with E-state index in [4.69, 9.17) is 5.73 Å². The molecule has 1 aromatic rings. The fraction of sp³-hybridized carbons (Fsp3) is 0.429. The summed E-state index contributed by atoms with van der Waals surface area (Å²) in [6, 6.07) is 5.16. The van der Waals surface area contributed by atoms with E-state index in [1.807, 2.05) is 11.8 Å². The van der Waals surface area contributed by atoms with Crippen molar-refractivity contribution in [3.63, 3.8) is 0 Å². The van der Waals surface area contributed by atoms with Crippen LogP contribution in [-0.4, -0.2) is 49.9 Å². The smallest absolute Gasteiger partial charge is 0.253 e. The second-order valence-corrected chi connectivity index (χ2v) is 4.87. The van der Waals surface area contributed by atoms with Gasteiger partial charge >= 0.3 is 0 Å². The Hall–Kier alpha value is -2.24. The van der Waals surface area contributed by atoms with Crippen LogP contribution in [0.5, 0.6) is 0 Å². The molecule has 1 heterocycles. The van der Waals surface area contributed by atoms with E-state index in [-0.39, 0.29) is 18.4 Å². The zero-order valence-electron chi connectivity index (χ0n) is 11.8. The van der Waals surface area contributed by atoms with Crippen LogP contribution in [-0.2, 0) is 4.79 Å². The molecular weight excluding hydrogens is 256 g/mol. The van der Waals surface area contributed by atoms with Crippen LogP contribution in [0.25, 0.3) is 0 Å². The number of nitrogens with one attached hydrogen (secondary N) is 1. The van der Waals surface area contributed by atoms with Crippen molar-refractivity contribution < 1.29 is 9.59 Å². The van der Waals surface area contributed by atoms with Gasteiger partial charge in [0, 0.05) is 32.4 Å². The molecule has 0 spiro atoms. The van der Waals surface area contributed by atoms with E-state index in [2.05, 4.69) is 5.32 Å². The highest BCUT2D eigenvalue weighted by Gasteiger charge is 2.24. The van der Waals surface area contributed by atoms with Gasteiger partial charge in [-0.25, -0.2) is 0 Å². The van der Waals surface area contributed by atoms with E-state index in [0.29, 0.717) is 30.9 Å². The molecule has 0 aliphatic carbocycles. The highest BCUT2D eigenvalue weighted by Crippen LogP contribution is 2.25. The Balaban J connectivity index is 2.32. The first kappa shape index (κ1) is 14.2. The normalized spacial score (nSPS) is 15.4. The van der Waals surface area contributed by atoms with Gasteiger partial charge in [0.25, 0.3) is 5.91 Å². The lowest BCUT2D eigenvalue weighted by Crippen LogP contribution is -2.49. The average molecular weight is 276 g/mol. The highest BCUT2D eigenvalue weighted by atomic mass is 16.2. The molecule has 1 aliphatic heterocycles. The lowest BCUT2D eigenvalue weighted by atomic mass is 10.1. The Bertz CT molecular complexity index is 530. The number of carbonyl (C=O) groups excluding carboxylic acids is 2. The standard InChI is InChI=1S/C14H20N4O2/c1-3-16-14(20)11-5-4-10(15)8-12(11)18-7-6-17(2)13(19)9-18/h4-5,8H,3,6-7,9,15H2,1-2H3,(H,16,20). The average Bonchev–Trinajstić information content (AvgIpc) is 2.42. The maximum atomic E-state index is 12.1. The second kappa shape index (κ2) is 5.81. The van der Waals surface area contributed by atoms with Gasteiger partial charge in [0.15, 0.2) is 0 Å². The molecule has 1 saturated heterocycles. The van der Waals surface area contributed by atoms with E-state index in [9.17, 15) is 9.59 Å². The van der Waals surface area contributed by atoms with Gasteiger partial charge in [-0.2, -0.15) is 0 Å². The maximum absolute atomic E-state index is 12.1. The number of benzene rings is 1. The van der Waals surface area contributed by atoms with E-state index in [1.165, 1.54) is 0 Å². The Labute approximate surface area is 118 Å². The quantitative estimate of drug-likeness (QED) is 0.778. The molecular formula is C14H20N4O2. The SMILES string of the molecule is CCNC(=O)c1ccc(N)cc1N1CCN(C)C(=O)C1. The van der Waals surface area contributed by atoms with Crippen LogP contribution in [0.3, 0.4) is 0 Å². The number of anilines is 2. The van der Waals surface area contributed by atoms with Crippen LogP contribution in [0.4, 0.5) is 11.4 Å². The number of amides is 2. The summed E-state index contributed by atoms with van der Waals surface area (Å²) in [6.45, 7) is 4.03.